The fraction of sp³-hybridized carbons (Fsp3) is 0.182. The number of carbonyl (C=O) groups is 1. The van der Waals surface area contributed by atoms with Crippen LogP contribution in [0.1, 0.15) is 38.8 Å². The molecule has 2 aliphatic rings. The van der Waals surface area contributed by atoms with Gasteiger partial charge in [0.2, 0.25) is 6.79 Å². The maximum Gasteiger partial charge on any atom is 0.339 e. The summed E-state index contributed by atoms with van der Waals surface area (Å²) in [6.07, 6.45) is -0.935. The molecule has 3 heterocycles. The highest BCUT2D eigenvalue weighted by Gasteiger charge is 2.36. The number of aromatic nitrogens is 1. The molecule has 1 atom stereocenters. The van der Waals surface area contributed by atoms with Crippen LogP contribution in [0.5, 0.6) is 17.2 Å². The van der Waals surface area contributed by atoms with Crippen LogP contribution in [0.2, 0.25) is 0 Å². The normalized spacial score (nSPS) is 16.6. The number of pyridine rings is 1. The summed E-state index contributed by atoms with van der Waals surface area (Å²) in [4.78, 5) is 25.5. The first kappa shape index (κ1) is 17.4. The molecular formula is C22H17NO6. The van der Waals surface area contributed by atoms with Gasteiger partial charge in [0.1, 0.15) is 11.3 Å². The van der Waals surface area contributed by atoms with Crippen molar-refractivity contribution < 1.29 is 24.1 Å². The minimum Gasteiger partial charge on any atom is -0.507 e. The monoisotopic (exact) mass is 391 g/mol. The highest BCUT2D eigenvalue weighted by molar-refractivity contribution is 5.94. The molecule has 7 heteroatoms. The molecule has 3 aromatic rings. The first-order valence-corrected chi connectivity index (χ1v) is 9.14. The number of esters is 1. The Bertz CT molecular complexity index is 1210. The molecule has 0 unspecified atom stereocenters. The lowest BCUT2D eigenvalue weighted by Crippen LogP contribution is -2.28. The van der Waals surface area contributed by atoms with Crippen LogP contribution in [-0.4, -0.2) is 22.4 Å². The number of carbonyl (C=O) groups excluding carboxylic acids is 1. The molecule has 0 fully saturated rings. The number of cyclic esters (lactones) is 1. The fourth-order valence-electron chi connectivity index (χ4n) is 3.79. The molecule has 0 saturated carbocycles. The zero-order valence-electron chi connectivity index (χ0n) is 15.5. The Hall–Kier alpha value is -3.74. The third-order valence-corrected chi connectivity index (χ3v) is 5.25. The van der Waals surface area contributed by atoms with E-state index in [4.69, 9.17) is 14.2 Å². The van der Waals surface area contributed by atoms with Crippen molar-refractivity contribution in [1.82, 2.24) is 4.57 Å². The topological polar surface area (TPSA) is 87.0 Å². The zero-order chi connectivity index (χ0) is 20.1. The van der Waals surface area contributed by atoms with Crippen LogP contribution < -0.4 is 15.0 Å². The number of fused-ring (bicyclic) bond motifs is 2. The first-order chi connectivity index (χ1) is 14.0. The predicted octanol–water partition coefficient (Wildman–Crippen LogP) is 2.90. The van der Waals surface area contributed by atoms with Crippen LogP contribution in [0.4, 0.5) is 0 Å². The highest BCUT2D eigenvalue weighted by atomic mass is 16.7. The number of hydrogen-bond acceptors (Lipinski definition) is 6. The first-order valence-electron chi connectivity index (χ1n) is 9.14. The Kier molecular flexibility index (Phi) is 3.84. The van der Waals surface area contributed by atoms with E-state index in [1.54, 1.807) is 41.8 Å². The van der Waals surface area contributed by atoms with Gasteiger partial charge in [-0.2, -0.15) is 0 Å². The van der Waals surface area contributed by atoms with Gasteiger partial charge < -0.3 is 23.9 Å². The lowest BCUT2D eigenvalue weighted by Gasteiger charge is -2.17. The molecule has 0 radical (unpaired) electrons. The number of aryl methyl sites for hydroxylation is 1. The Balaban J connectivity index is 1.59. The van der Waals surface area contributed by atoms with Crippen LogP contribution >= 0.6 is 0 Å². The summed E-state index contributed by atoms with van der Waals surface area (Å²) in [6, 6.07) is 13.9. The molecule has 1 N–H and O–H groups in total. The standard InChI is InChI=1S/C22H17NO6/c1-12-8-16(24)19(20-14-4-2-3-5-15(14)22(26)29-20)21(25)23(12)10-13-6-7-17-18(9-13)28-11-27-17/h2-9,20,24H,10-11H2,1H3/t20-/m1/s1. The number of nitrogens with zero attached hydrogens (tertiary/aromatic N) is 1. The molecule has 5 rings (SSSR count). The molecule has 2 aromatic carbocycles. The van der Waals surface area contributed by atoms with E-state index in [9.17, 15) is 14.7 Å². The minimum absolute atomic E-state index is 0.0506. The van der Waals surface area contributed by atoms with Crippen molar-refractivity contribution in [2.75, 3.05) is 6.79 Å². The zero-order valence-corrected chi connectivity index (χ0v) is 15.5. The van der Waals surface area contributed by atoms with Gasteiger partial charge in [-0.3, -0.25) is 4.79 Å². The lowest BCUT2D eigenvalue weighted by molar-refractivity contribution is 0.0450. The second kappa shape index (κ2) is 6.41. The summed E-state index contributed by atoms with van der Waals surface area (Å²) in [5.74, 6) is 0.598. The summed E-state index contributed by atoms with van der Waals surface area (Å²) < 4.78 is 17.7. The summed E-state index contributed by atoms with van der Waals surface area (Å²) in [7, 11) is 0. The predicted molar refractivity (Wildman–Crippen MR) is 102 cm³/mol. The number of ether oxygens (including phenoxy) is 3. The second-order valence-corrected chi connectivity index (χ2v) is 7.04. The highest BCUT2D eigenvalue weighted by Crippen LogP contribution is 2.38. The Morgan fingerprint density at radius 1 is 1.07 bits per heavy atom. The number of hydrogen-bond donors (Lipinski definition) is 1. The van der Waals surface area contributed by atoms with Crippen molar-refractivity contribution in [3.8, 4) is 17.2 Å². The van der Waals surface area contributed by atoms with Gasteiger partial charge in [0.05, 0.1) is 12.1 Å². The van der Waals surface area contributed by atoms with Gasteiger partial charge >= 0.3 is 5.97 Å². The van der Waals surface area contributed by atoms with Crippen LogP contribution in [0, 0.1) is 6.92 Å². The maximum absolute atomic E-state index is 13.3. The molecule has 0 aliphatic carbocycles. The van der Waals surface area contributed by atoms with Gasteiger partial charge in [-0.1, -0.05) is 24.3 Å². The van der Waals surface area contributed by atoms with Crippen molar-refractivity contribution in [3.05, 3.63) is 86.8 Å². The quantitative estimate of drug-likeness (QED) is 0.691. The smallest absolute Gasteiger partial charge is 0.339 e. The summed E-state index contributed by atoms with van der Waals surface area (Å²) >= 11 is 0. The third kappa shape index (κ3) is 2.74. The van der Waals surface area contributed by atoms with Gasteiger partial charge in [-0.05, 0) is 36.8 Å². The molecule has 0 amide bonds. The summed E-state index contributed by atoms with van der Waals surface area (Å²) in [5.41, 5.74) is 2.05. The van der Waals surface area contributed by atoms with Crippen LogP contribution in [0.15, 0.2) is 53.3 Å². The van der Waals surface area contributed by atoms with Gasteiger partial charge in [0.15, 0.2) is 17.6 Å². The number of aromatic hydroxyl groups is 1. The van der Waals surface area contributed by atoms with Gasteiger partial charge in [-0.25, -0.2) is 4.79 Å². The molecule has 146 valence electrons. The molecule has 1 aromatic heterocycles. The van der Waals surface area contributed by atoms with Crippen LogP contribution in [0.3, 0.4) is 0 Å². The van der Waals surface area contributed by atoms with Crippen LogP contribution in [0.25, 0.3) is 0 Å². The van der Waals surface area contributed by atoms with E-state index in [0.29, 0.717) is 28.3 Å². The summed E-state index contributed by atoms with van der Waals surface area (Å²) in [6.45, 7) is 2.19. The maximum atomic E-state index is 13.3. The third-order valence-electron chi connectivity index (χ3n) is 5.25. The van der Waals surface area contributed by atoms with E-state index in [2.05, 4.69) is 0 Å². The van der Waals surface area contributed by atoms with E-state index in [-0.39, 0.29) is 24.7 Å². The van der Waals surface area contributed by atoms with Gasteiger partial charge in [-0.15, -0.1) is 0 Å². The number of rotatable bonds is 3. The molecule has 0 saturated heterocycles. The van der Waals surface area contributed by atoms with Crippen molar-refractivity contribution in [1.29, 1.82) is 0 Å². The minimum atomic E-state index is -0.935. The fourth-order valence-corrected chi connectivity index (χ4v) is 3.79. The van der Waals surface area contributed by atoms with Crippen molar-refractivity contribution in [2.45, 2.75) is 19.6 Å². The van der Waals surface area contributed by atoms with Gasteiger partial charge in [0, 0.05) is 11.3 Å². The van der Waals surface area contributed by atoms with E-state index >= 15 is 0 Å². The molecule has 2 aliphatic heterocycles. The van der Waals surface area contributed by atoms with Crippen molar-refractivity contribution >= 4 is 5.97 Å². The Morgan fingerprint density at radius 3 is 2.72 bits per heavy atom. The largest absolute Gasteiger partial charge is 0.507 e. The second-order valence-electron chi connectivity index (χ2n) is 7.04. The van der Waals surface area contributed by atoms with Crippen molar-refractivity contribution in [2.24, 2.45) is 0 Å². The molecular weight excluding hydrogens is 374 g/mol. The summed E-state index contributed by atoms with van der Waals surface area (Å²) in [5, 5.41) is 10.5. The molecule has 0 spiro atoms. The van der Waals surface area contributed by atoms with E-state index in [0.717, 1.165) is 5.56 Å². The van der Waals surface area contributed by atoms with Gasteiger partial charge in [0.25, 0.3) is 5.56 Å². The average Bonchev–Trinajstić information content (AvgIpc) is 3.30. The molecule has 0 bridgehead atoms. The molecule has 7 nitrogen and oxygen atoms in total. The Morgan fingerprint density at radius 2 is 1.86 bits per heavy atom. The SMILES string of the molecule is Cc1cc(O)c([C@@H]2OC(=O)c3ccccc32)c(=O)n1Cc1ccc2c(c1)OCO2. The van der Waals surface area contributed by atoms with E-state index < -0.39 is 17.6 Å². The lowest BCUT2D eigenvalue weighted by atomic mass is 9.99. The van der Waals surface area contributed by atoms with E-state index in [1.165, 1.54) is 6.07 Å². The number of benzene rings is 2. The van der Waals surface area contributed by atoms with Crippen molar-refractivity contribution in [3.63, 3.8) is 0 Å². The Labute approximate surface area is 165 Å². The molecule has 29 heavy (non-hydrogen) atoms. The van der Waals surface area contributed by atoms with Crippen LogP contribution in [-0.2, 0) is 11.3 Å². The van der Waals surface area contributed by atoms with E-state index in [1.807, 2.05) is 12.1 Å². The average molecular weight is 391 g/mol.